The Labute approximate surface area is 108 Å². The molecule has 2 aliphatic heterocycles. The van der Waals surface area contributed by atoms with E-state index in [1.807, 2.05) is 4.90 Å². The third-order valence-corrected chi connectivity index (χ3v) is 3.77. The summed E-state index contributed by atoms with van der Waals surface area (Å²) in [6, 6.07) is -0.521. The van der Waals surface area contributed by atoms with Crippen molar-refractivity contribution in [2.24, 2.45) is 0 Å². The molecule has 2 N–H and O–H groups in total. The predicted octanol–water partition coefficient (Wildman–Crippen LogP) is 0.256. The summed E-state index contributed by atoms with van der Waals surface area (Å²) in [4.78, 5) is 25.9. The molecule has 0 aromatic heterocycles. The van der Waals surface area contributed by atoms with E-state index in [1.165, 1.54) is 0 Å². The first-order valence-corrected chi connectivity index (χ1v) is 7.01. The van der Waals surface area contributed by atoms with Gasteiger partial charge in [0.25, 0.3) is 0 Å². The van der Waals surface area contributed by atoms with Crippen LogP contribution < -0.4 is 10.6 Å². The lowest BCUT2D eigenvalue weighted by Crippen LogP contribution is -2.53. The summed E-state index contributed by atoms with van der Waals surface area (Å²) < 4.78 is 0. The number of hydrogen-bond acceptors (Lipinski definition) is 3. The lowest BCUT2D eigenvalue weighted by molar-refractivity contribution is -0.135. The van der Waals surface area contributed by atoms with Gasteiger partial charge < -0.3 is 15.5 Å². The Morgan fingerprint density at radius 2 is 1.94 bits per heavy atom. The standard InChI is InChI=1S/C13H23N3O2/c1-10(13(18)16-8-4-5-9-16)15-12(17)11-6-2-3-7-14-11/h10-11,14H,2-9H2,1H3,(H,15,17)/t10?,11-/m1/s1. The molecular weight excluding hydrogens is 230 g/mol. The first-order valence-electron chi connectivity index (χ1n) is 7.01. The van der Waals surface area contributed by atoms with Gasteiger partial charge in [0.15, 0.2) is 0 Å². The van der Waals surface area contributed by atoms with Crippen molar-refractivity contribution in [1.29, 1.82) is 0 Å². The molecule has 2 heterocycles. The number of amides is 2. The molecule has 2 rings (SSSR count). The van der Waals surface area contributed by atoms with E-state index in [0.29, 0.717) is 0 Å². The van der Waals surface area contributed by atoms with Gasteiger partial charge in [-0.25, -0.2) is 0 Å². The molecule has 18 heavy (non-hydrogen) atoms. The molecular formula is C13H23N3O2. The third-order valence-electron chi connectivity index (χ3n) is 3.77. The van der Waals surface area contributed by atoms with Crippen molar-refractivity contribution in [3.63, 3.8) is 0 Å². The van der Waals surface area contributed by atoms with Crippen molar-refractivity contribution < 1.29 is 9.59 Å². The zero-order valence-electron chi connectivity index (χ0n) is 11.1. The van der Waals surface area contributed by atoms with E-state index in [4.69, 9.17) is 0 Å². The highest BCUT2D eigenvalue weighted by Gasteiger charge is 2.27. The van der Waals surface area contributed by atoms with Crippen molar-refractivity contribution in [3.05, 3.63) is 0 Å². The number of carbonyl (C=O) groups is 2. The van der Waals surface area contributed by atoms with Crippen LogP contribution in [-0.4, -0.2) is 48.4 Å². The number of rotatable bonds is 3. The summed E-state index contributed by atoms with van der Waals surface area (Å²) >= 11 is 0. The van der Waals surface area contributed by atoms with Crippen molar-refractivity contribution in [2.45, 2.75) is 51.1 Å². The largest absolute Gasteiger partial charge is 0.343 e. The summed E-state index contributed by atoms with van der Waals surface area (Å²) in [6.45, 7) is 4.34. The molecule has 2 saturated heterocycles. The number of nitrogens with zero attached hydrogens (tertiary/aromatic N) is 1. The van der Waals surface area contributed by atoms with E-state index >= 15 is 0 Å². The maximum absolute atomic E-state index is 12.1. The van der Waals surface area contributed by atoms with Crippen LogP contribution >= 0.6 is 0 Å². The summed E-state index contributed by atoms with van der Waals surface area (Å²) in [5.41, 5.74) is 0. The van der Waals surface area contributed by atoms with Crippen LogP contribution in [0.15, 0.2) is 0 Å². The highest BCUT2D eigenvalue weighted by atomic mass is 16.2. The molecule has 5 nitrogen and oxygen atoms in total. The topological polar surface area (TPSA) is 61.4 Å². The molecule has 0 radical (unpaired) electrons. The molecule has 2 aliphatic rings. The molecule has 2 fully saturated rings. The van der Waals surface area contributed by atoms with E-state index in [0.717, 1.165) is 51.7 Å². The zero-order valence-corrected chi connectivity index (χ0v) is 11.1. The Bertz CT molecular complexity index is 307. The van der Waals surface area contributed by atoms with Gasteiger partial charge in [0.2, 0.25) is 11.8 Å². The molecule has 0 aromatic rings. The van der Waals surface area contributed by atoms with Crippen LogP contribution in [0.4, 0.5) is 0 Å². The molecule has 0 aromatic carbocycles. The lowest BCUT2D eigenvalue weighted by Gasteiger charge is -2.26. The predicted molar refractivity (Wildman–Crippen MR) is 69.1 cm³/mol. The maximum Gasteiger partial charge on any atom is 0.244 e. The monoisotopic (exact) mass is 253 g/mol. The molecule has 1 unspecified atom stereocenters. The average Bonchev–Trinajstić information content (AvgIpc) is 2.92. The van der Waals surface area contributed by atoms with Crippen LogP contribution in [0.5, 0.6) is 0 Å². The molecule has 0 saturated carbocycles. The fraction of sp³-hybridized carbons (Fsp3) is 0.846. The Kier molecular flexibility index (Phi) is 4.58. The zero-order chi connectivity index (χ0) is 13.0. The summed E-state index contributed by atoms with van der Waals surface area (Å²) in [6.07, 6.45) is 5.25. The quantitative estimate of drug-likeness (QED) is 0.758. The molecule has 102 valence electrons. The van der Waals surface area contributed by atoms with Gasteiger partial charge in [-0.1, -0.05) is 6.42 Å². The van der Waals surface area contributed by atoms with Gasteiger partial charge in [0.1, 0.15) is 6.04 Å². The van der Waals surface area contributed by atoms with E-state index in [-0.39, 0.29) is 17.9 Å². The Morgan fingerprint density at radius 1 is 1.22 bits per heavy atom. The summed E-state index contributed by atoms with van der Waals surface area (Å²) in [5, 5.41) is 6.03. The smallest absolute Gasteiger partial charge is 0.244 e. The number of likely N-dealkylation sites (tertiary alicyclic amines) is 1. The second-order valence-electron chi connectivity index (χ2n) is 5.27. The minimum Gasteiger partial charge on any atom is -0.343 e. The SMILES string of the molecule is CC(NC(=O)[C@H]1CCCCN1)C(=O)N1CCCC1. The minimum atomic E-state index is -0.403. The van der Waals surface area contributed by atoms with Crippen LogP contribution in [-0.2, 0) is 9.59 Å². The first-order chi connectivity index (χ1) is 8.68. The van der Waals surface area contributed by atoms with Gasteiger partial charge in [-0.15, -0.1) is 0 Å². The molecule has 0 spiro atoms. The molecule has 2 amide bonds. The van der Waals surface area contributed by atoms with Gasteiger partial charge in [0.05, 0.1) is 6.04 Å². The van der Waals surface area contributed by atoms with Crippen LogP contribution in [0.3, 0.4) is 0 Å². The van der Waals surface area contributed by atoms with Crippen molar-refractivity contribution in [2.75, 3.05) is 19.6 Å². The maximum atomic E-state index is 12.1. The van der Waals surface area contributed by atoms with Crippen molar-refractivity contribution >= 4 is 11.8 Å². The number of carbonyl (C=O) groups excluding carboxylic acids is 2. The number of nitrogens with one attached hydrogen (secondary N) is 2. The van der Waals surface area contributed by atoms with Gasteiger partial charge in [-0.2, -0.15) is 0 Å². The van der Waals surface area contributed by atoms with Gasteiger partial charge in [0, 0.05) is 13.1 Å². The summed E-state index contributed by atoms with van der Waals surface area (Å²) in [5.74, 6) is 0.0198. The average molecular weight is 253 g/mol. The molecule has 5 heteroatoms. The van der Waals surface area contributed by atoms with Gasteiger partial charge >= 0.3 is 0 Å². The van der Waals surface area contributed by atoms with Crippen LogP contribution in [0.2, 0.25) is 0 Å². The van der Waals surface area contributed by atoms with E-state index in [1.54, 1.807) is 6.92 Å². The van der Waals surface area contributed by atoms with E-state index in [9.17, 15) is 9.59 Å². The van der Waals surface area contributed by atoms with Crippen LogP contribution in [0, 0.1) is 0 Å². The highest BCUT2D eigenvalue weighted by molar-refractivity contribution is 5.89. The molecule has 0 aliphatic carbocycles. The number of hydrogen-bond donors (Lipinski definition) is 2. The third kappa shape index (κ3) is 3.22. The van der Waals surface area contributed by atoms with Gasteiger partial charge in [-0.05, 0) is 39.2 Å². The number of piperidine rings is 1. The first kappa shape index (κ1) is 13.3. The fourth-order valence-electron chi connectivity index (χ4n) is 2.66. The Morgan fingerprint density at radius 3 is 2.56 bits per heavy atom. The normalized spacial score (nSPS) is 25.8. The minimum absolute atomic E-state index is 0.0326. The van der Waals surface area contributed by atoms with Gasteiger partial charge in [-0.3, -0.25) is 9.59 Å². The molecule has 2 atom stereocenters. The lowest BCUT2D eigenvalue weighted by atomic mass is 10.0. The van der Waals surface area contributed by atoms with Crippen LogP contribution in [0.1, 0.15) is 39.0 Å². The Hall–Kier alpha value is -1.10. The second-order valence-corrected chi connectivity index (χ2v) is 5.27. The Balaban J connectivity index is 1.80. The van der Waals surface area contributed by atoms with E-state index in [2.05, 4.69) is 10.6 Å². The highest BCUT2D eigenvalue weighted by Crippen LogP contribution is 2.10. The van der Waals surface area contributed by atoms with E-state index < -0.39 is 6.04 Å². The fourth-order valence-corrected chi connectivity index (χ4v) is 2.66. The molecule has 0 bridgehead atoms. The second kappa shape index (κ2) is 6.18. The summed E-state index contributed by atoms with van der Waals surface area (Å²) in [7, 11) is 0. The van der Waals surface area contributed by atoms with Crippen LogP contribution in [0.25, 0.3) is 0 Å². The van der Waals surface area contributed by atoms with Crippen molar-refractivity contribution in [1.82, 2.24) is 15.5 Å². The van der Waals surface area contributed by atoms with Crippen molar-refractivity contribution in [3.8, 4) is 0 Å².